The highest BCUT2D eigenvalue weighted by molar-refractivity contribution is 6.58. The summed E-state index contributed by atoms with van der Waals surface area (Å²) in [5, 5.41) is 19.2. The predicted molar refractivity (Wildman–Crippen MR) is 112 cm³/mol. The highest BCUT2D eigenvalue weighted by Gasteiger charge is 2.27. The summed E-state index contributed by atoms with van der Waals surface area (Å²) in [5.41, 5.74) is 7.33. The van der Waals surface area contributed by atoms with Crippen molar-refractivity contribution in [2.24, 2.45) is 0 Å². The van der Waals surface area contributed by atoms with Gasteiger partial charge in [-0.15, -0.1) is 0 Å². The van der Waals surface area contributed by atoms with E-state index in [1.165, 1.54) is 11.1 Å². The number of hydrogen-bond acceptors (Lipinski definition) is 5. The first kappa shape index (κ1) is 19.7. The number of nitrogens with zero attached hydrogens (tertiary/aromatic N) is 2. The normalized spacial score (nSPS) is 16.0. The van der Waals surface area contributed by atoms with E-state index in [4.69, 9.17) is 9.72 Å². The summed E-state index contributed by atoms with van der Waals surface area (Å²) >= 11 is 0. The maximum atomic E-state index is 12.1. The van der Waals surface area contributed by atoms with Gasteiger partial charge in [0.05, 0.1) is 12.3 Å². The maximum absolute atomic E-state index is 12.1. The van der Waals surface area contributed by atoms with Crippen LogP contribution >= 0.6 is 0 Å². The van der Waals surface area contributed by atoms with Crippen LogP contribution in [0.3, 0.4) is 0 Å². The van der Waals surface area contributed by atoms with Gasteiger partial charge in [-0.1, -0.05) is 29.8 Å². The number of hydrogen-bond donors (Lipinski definition) is 2. The average Bonchev–Trinajstić information content (AvgIpc) is 2.90. The minimum atomic E-state index is -1.48. The molecule has 1 saturated heterocycles. The predicted octanol–water partition coefficient (Wildman–Crippen LogP) is 1.91. The average molecular weight is 392 g/mol. The summed E-state index contributed by atoms with van der Waals surface area (Å²) in [7, 11) is -1.48. The van der Waals surface area contributed by atoms with Crippen LogP contribution in [0.15, 0.2) is 42.1 Å². The molecule has 0 spiro atoms. The largest absolute Gasteiger partial charge is 0.488 e. The second kappa shape index (κ2) is 8.39. The van der Waals surface area contributed by atoms with E-state index < -0.39 is 7.12 Å². The van der Waals surface area contributed by atoms with Crippen molar-refractivity contribution < 1.29 is 19.6 Å². The summed E-state index contributed by atoms with van der Waals surface area (Å²) < 4.78 is 5.14. The molecule has 0 bridgehead atoms. The standard InChI is InChI=1S/C22H25BN2O4/c1-2-29-22(26)25-12-9-15(10-13-25)20-19-8-7-18(23(27)28)14-17(19)6-5-16-4-3-11-24-21(16)20/h3-4,7-8,11,14,27-28H,2,5-6,9-10,12-13H2,1H3. The molecule has 1 fully saturated rings. The lowest BCUT2D eigenvalue weighted by molar-refractivity contribution is 0.104. The first-order valence-corrected chi connectivity index (χ1v) is 10.2. The van der Waals surface area contributed by atoms with Crippen LogP contribution in [0, 0.1) is 0 Å². The van der Waals surface area contributed by atoms with Crippen LogP contribution in [0.1, 0.15) is 42.1 Å². The molecular formula is C22H25BN2O4. The van der Waals surface area contributed by atoms with Gasteiger partial charge in [0.2, 0.25) is 0 Å². The Morgan fingerprint density at radius 1 is 1.14 bits per heavy atom. The fourth-order valence-electron chi connectivity index (χ4n) is 4.27. The Labute approximate surface area is 171 Å². The zero-order valence-corrected chi connectivity index (χ0v) is 16.6. The third kappa shape index (κ3) is 3.93. The molecule has 150 valence electrons. The molecule has 1 aliphatic carbocycles. The molecule has 2 aromatic rings. The number of aryl methyl sites for hydroxylation is 2. The number of likely N-dealkylation sites (tertiary alicyclic amines) is 1. The van der Waals surface area contributed by atoms with E-state index in [0.29, 0.717) is 25.2 Å². The lowest BCUT2D eigenvalue weighted by atomic mass is 9.77. The van der Waals surface area contributed by atoms with Crippen LogP contribution in [0.4, 0.5) is 4.79 Å². The maximum Gasteiger partial charge on any atom is 0.488 e. The van der Waals surface area contributed by atoms with Crippen LogP contribution in [-0.2, 0) is 17.6 Å². The van der Waals surface area contributed by atoms with Gasteiger partial charge in [-0.2, -0.15) is 0 Å². The second-order valence-corrected chi connectivity index (χ2v) is 7.47. The van der Waals surface area contributed by atoms with Gasteiger partial charge in [0.25, 0.3) is 0 Å². The first-order chi connectivity index (χ1) is 14.1. The molecule has 2 N–H and O–H groups in total. The zero-order chi connectivity index (χ0) is 20.4. The van der Waals surface area contributed by atoms with Gasteiger partial charge in [-0.25, -0.2) is 4.79 Å². The van der Waals surface area contributed by atoms with Crippen LogP contribution in [0.25, 0.3) is 5.57 Å². The molecule has 2 aliphatic rings. The van der Waals surface area contributed by atoms with Gasteiger partial charge in [0.1, 0.15) is 0 Å². The molecule has 7 heteroatoms. The molecule has 0 unspecified atom stereocenters. The minimum absolute atomic E-state index is 0.252. The fourth-order valence-corrected chi connectivity index (χ4v) is 4.27. The molecule has 1 aromatic carbocycles. The lowest BCUT2D eigenvalue weighted by Crippen LogP contribution is -2.37. The van der Waals surface area contributed by atoms with Crippen molar-refractivity contribution in [1.29, 1.82) is 0 Å². The van der Waals surface area contributed by atoms with E-state index in [1.807, 2.05) is 31.3 Å². The molecule has 6 nitrogen and oxygen atoms in total. The summed E-state index contributed by atoms with van der Waals surface area (Å²) in [6.45, 7) is 3.45. The minimum Gasteiger partial charge on any atom is -0.450 e. The molecule has 0 radical (unpaired) electrons. The number of piperidine rings is 1. The van der Waals surface area contributed by atoms with Crippen molar-refractivity contribution in [3.63, 3.8) is 0 Å². The van der Waals surface area contributed by atoms with Gasteiger partial charge in [0.15, 0.2) is 0 Å². The molecule has 1 aromatic heterocycles. The van der Waals surface area contributed by atoms with E-state index in [-0.39, 0.29) is 6.09 Å². The Morgan fingerprint density at radius 3 is 2.62 bits per heavy atom. The van der Waals surface area contributed by atoms with Crippen molar-refractivity contribution in [1.82, 2.24) is 9.88 Å². The van der Waals surface area contributed by atoms with Crippen molar-refractivity contribution in [3.8, 4) is 0 Å². The molecule has 0 atom stereocenters. The zero-order valence-electron chi connectivity index (χ0n) is 16.6. The monoisotopic (exact) mass is 392 g/mol. The topological polar surface area (TPSA) is 82.9 Å². The number of pyridine rings is 1. The number of fused-ring (bicyclic) bond motifs is 2. The summed E-state index contributed by atoms with van der Waals surface area (Å²) in [6, 6.07) is 9.72. The Balaban J connectivity index is 1.76. The highest BCUT2D eigenvalue weighted by atomic mass is 16.6. The Bertz CT molecular complexity index is 948. The van der Waals surface area contributed by atoms with Gasteiger partial charge >= 0.3 is 13.2 Å². The van der Waals surface area contributed by atoms with Gasteiger partial charge < -0.3 is 19.7 Å². The highest BCUT2D eigenvalue weighted by Crippen LogP contribution is 2.37. The molecule has 1 amide bonds. The summed E-state index contributed by atoms with van der Waals surface area (Å²) in [5.74, 6) is 0. The van der Waals surface area contributed by atoms with Crippen molar-refractivity contribution in [2.45, 2.75) is 32.6 Å². The smallest absolute Gasteiger partial charge is 0.450 e. The van der Waals surface area contributed by atoms with E-state index in [9.17, 15) is 14.8 Å². The first-order valence-electron chi connectivity index (χ1n) is 10.2. The van der Waals surface area contributed by atoms with Gasteiger partial charge in [-0.05, 0) is 60.8 Å². The molecule has 29 heavy (non-hydrogen) atoms. The summed E-state index contributed by atoms with van der Waals surface area (Å²) in [4.78, 5) is 18.5. The van der Waals surface area contributed by atoms with Crippen molar-refractivity contribution >= 4 is 24.2 Å². The SMILES string of the molecule is CCOC(=O)N1CCC(=C2c3ccc(B(O)O)cc3CCc3cccnc32)CC1. The molecule has 2 heterocycles. The van der Waals surface area contributed by atoms with E-state index >= 15 is 0 Å². The number of aromatic nitrogens is 1. The number of carbonyl (C=O) groups is 1. The molecule has 1 aliphatic heterocycles. The quantitative estimate of drug-likeness (QED) is 0.764. The van der Waals surface area contributed by atoms with E-state index in [0.717, 1.165) is 48.1 Å². The van der Waals surface area contributed by atoms with Gasteiger partial charge in [-0.3, -0.25) is 4.98 Å². The van der Waals surface area contributed by atoms with Crippen molar-refractivity contribution in [2.75, 3.05) is 19.7 Å². The van der Waals surface area contributed by atoms with Crippen LogP contribution < -0.4 is 5.46 Å². The molecular weight excluding hydrogens is 367 g/mol. The molecule has 0 saturated carbocycles. The Hall–Kier alpha value is -2.64. The van der Waals surface area contributed by atoms with E-state index in [1.54, 1.807) is 11.0 Å². The van der Waals surface area contributed by atoms with Crippen LogP contribution in [0.5, 0.6) is 0 Å². The lowest BCUT2D eigenvalue weighted by Gasteiger charge is -2.29. The van der Waals surface area contributed by atoms with Crippen LogP contribution in [-0.4, -0.2) is 52.8 Å². The van der Waals surface area contributed by atoms with Gasteiger partial charge in [0, 0.05) is 24.9 Å². The number of benzene rings is 1. The summed E-state index contributed by atoms with van der Waals surface area (Å²) in [6.07, 6.45) is 4.79. The number of amides is 1. The Kier molecular flexibility index (Phi) is 5.69. The number of rotatable bonds is 2. The Morgan fingerprint density at radius 2 is 1.90 bits per heavy atom. The number of ether oxygens (including phenoxy) is 1. The molecule has 4 rings (SSSR count). The number of carbonyl (C=O) groups excluding carboxylic acids is 1. The third-order valence-electron chi connectivity index (χ3n) is 5.74. The third-order valence-corrected chi connectivity index (χ3v) is 5.74. The van der Waals surface area contributed by atoms with E-state index in [2.05, 4.69) is 6.07 Å². The van der Waals surface area contributed by atoms with Crippen LogP contribution in [0.2, 0.25) is 0 Å². The van der Waals surface area contributed by atoms with Crippen molar-refractivity contribution in [3.05, 3.63) is 64.5 Å². The fraction of sp³-hybridized carbons (Fsp3) is 0.364. The second-order valence-electron chi connectivity index (χ2n) is 7.47.